The minimum Gasteiger partial charge on any atom is -0.454 e. The van der Waals surface area contributed by atoms with E-state index in [0.717, 1.165) is 12.0 Å². The largest absolute Gasteiger partial charge is 0.454 e. The van der Waals surface area contributed by atoms with Gasteiger partial charge >= 0.3 is 0 Å². The normalized spacial score (nSPS) is 13.1. The lowest BCUT2D eigenvalue weighted by molar-refractivity contribution is -0.113. The van der Waals surface area contributed by atoms with E-state index in [2.05, 4.69) is 22.8 Å². The Morgan fingerprint density at radius 2 is 1.53 bits per heavy atom. The molecule has 0 spiro atoms. The number of benzene rings is 4. The fourth-order valence-electron chi connectivity index (χ4n) is 4.53. The molecule has 6 rings (SSSR count). The van der Waals surface area contributed by atoms with E-state index in [4.69, 9.17) is 9.47 Å². The summed E-state index contributed by atoms with van der Waals surface area (Å²) >= 11 is 0. The van der Waals surface area contributed by atoms with Crippen LogP contribution in [0, 0.1) is 0 Å². The molecule has 36 heavy (non-hydrogen) atoms. The number of nitrogens with one attached hydrogen (secondary N) is 2. The summed E-state index contributed by atoms with van der Waals surface area (Å²) in [6.07, 6.45) is 2.45. The van der Waals surface area contributed by atoms with Gasteiger partial charge in [-0.1, -0.05) is 54.6 Å². The number of carbonyl (C=O) groups is 2. The van der Waals surface area contributed by atoms with Crippen LogP contribution < -0.4 is 20.1 Å². The standard InChI is InChI=1S/C30H22N2O4/c33-29(20-6-2-1-3-7-20)32-26(14-19-10-13-27-28(15-19)36-18-35-27)30(34)31-23-11-12-25-22(17-23)16-21-8-4-5-9-24(21)25/h1-15,17H,16,18H2,(H,31,34)(H,32,33)/b26-14+. The number of fused-ring (bicyclic) bond motifs is 4. The van der Waals surface area contributed by atoms with Crippen molar-refractivity contribution in [3.05, 3.63) is 119 Å². The summed E-state index contributed by atoms with van der Waals surface area (Å²) in [5.74, 6) is 0.441. The molecule has 1 aliphatic heterocycles. The van der Waals surface area contributed by atoms with E-state index in [9.17, 15) is 9.59 Å². The topological polar surface area (TPSA) is 76.7 Å². The lowest BCUT2D eigenvalue weighted by Gasteiger charge is -2.12. The zero-order valence-corrected chi connectivity index (χ0v) is 19.3. The van der Waals surface area contributed by atoms with Crippen LogP contribution >= 0.6 is 0 Å². The van der Waals surface area contributed by atoms with Crippen LogP contribution in [0.25, 0.3) is 17.2 Å². The van der Waals surface area contributed by atoms with Crippen molar-refractivity contribution in [3.63, 3.8) is 0 Å². The van der Waals surface area contributed by atoms with Gasteiger partial charge in [0.15, 0.2) is 11.5 Å². The molecule has 0 aromatic heterocycles. The molecule has 4 aromatic carbocycles. The smallest absolute Gasteiger partial charge is 0.272 e. The lowest BCUT2D eigenvalue weighted by atomic mass is 10.1. The van der Waals surface area contributed by atoms with Crippen LogP contribution in [0.3, 0.4) is 0 Å². The van der Waals surface area contributed by atoms with E-state index >= 15 is 0 Å². The van der Waals surface area contributed by atoms with Crippen LogP contribution in [0.1, 0.15) is 27.0 Å². The summed E-state index contributed by atoms with van der Waals surface area (Å²) in [5.41, 5.74) is 6.77. The van der Waals surface area contributed by atoms with Crippen LogP contribution in [0.5, 0.6) is 11.5 Å². The van der Waals surface area contributed by atoms with Crippen molar-refractivity contribution in [2.75, 3.05) is 12.1 Å². The second-order valence-corrected chi connectivity index (χ2v) is 8.65. The molecule has 0 unspecified atom stereocenters. The molecule has 2 N–H and O–H groups in total. The maximum atomic E-state index is 13.4. The van der Waals surface area contributed by atoms with Gasteiger partial charge in [-0.3, -0.25) is 9.59 Å². The number of anilines is 1. The van der Waals surface area contributed by atoms with Gasteiger partial charge in [0.2, 0.25) is 6.79 Å². The third-order valence-corrected chi connectivity index (χ3v) is 6.29. The van der Waals surface area contributed by atoms with Gasteiger partial charge in [0.25, 0.3) is 11.8 Å². The fraction of sp³-hybridized carbons (Fsp3) is 0.0667. The zero-order valence-electron chi connectivity index (χ0n) is 19.3. The van der Waals surface area contributed by atoms with Gasteiger partial charge in [-0.05, 0) is 76.7 Å². The Morgan fingerprint density at radius 1 is 0.750 bits per heavy atom. The van der Waals surface area contributed by atoms with E-state index in [0.29, 0.717) is 28.3 Å². The van der Waals surface area contributed by atoms with Crippen LogP contribution in [0.2, 0.25) is 0 Å². The molecule has 1 heterocycles. The van der Waals surface area contributed by atoms with Crippen LogP contribution in [-0.2, 0) is 11.2 Å². The highest BCUT2D eigenvalue weighted by Crippen LogP contribution is 2.37. The number of hydrogen-bond donors (Lipinski definition) is 2. The predicted molar refractivity (Wildman–Crippen MR) is 138 cm³/mol. The molecule has 1 aliphatic carbocycles. The summed E-state index contributed by atoms with van der Waals surface area (Å²) in [4.78, 5) is 26.3. The molecule has 0 atom stereocenters. The Balaban J connectivity index is 1.28. The highest BCUT2D eigenvalue weighted by molar-refractivity contribution is 6.10. The molecule has 6 nitrogen and oxygen atoms in total. The van der Waals surface area contributed by atoms with Gasteiger partial charge in [0.1, 0.15) is 5.70 Å². The SMILES string of the molecule is O=C(Nc1ccc2c(c1)Cc1ccccc1-2)/C(=C\c1ccc2c(c1)OCO2)NC(=O)c1ccccc1. The third kappa shape index (κ3) is 4.20. The monoisotopic (exact) mass is 474 g/mol. The molecule has 2 amide bonds. The minimum absolute atomic E-state index is 0.117. The Labute approximate surface area is 208 Å². The van der Waals surface area contributed by atoms with Crippen LogP contribution in [0.4, 0.5) is 5.69 Å². The summed E-state index contributed by atoms with van der Waals surface area (Å²) in [7, 11) is 0. The maximum absolute atomic E-state index is 13.4. The first-order valence-corrected chi connectivity index (χ1v) is 11.6. The van der Waals surface area contributed by atoms with E-state index in [-0.39, 0.29) is 18.4 Å². The van der Waals surface area contributed by atoms with Crippen molar-refractivity contribution < 1.29 is 19.1 Å². The average molecular weight is 475 g/mol. The van der Waals surface area contributed by atoms with Gasteiger partial charge in [-0.15, -0.1) is 0 Å². The van der Waals surface area contributed by atoms with Gasteiger partial charge in [0.05, 0.1) is 0 Å². The summed E-state index contributed by atoms with van der Waals surface area (Å²) in [5, 5.41) is 5.72. The third-order valence-electron chi connectivity index (χ3n) is 6.29. The quantitative estimate of drug-likeness (QED) is 0.335. The van der Waals surface area contributed by atoms with Gasteiger partial charge in [-0.25, -0.2) is 0 Å². The molecule has 176 valence electrons. The van der Waals surface area contributed by atoms with E-state index in [1.165, 1.54) is 16.7 Å². The number of carbonyl (C=O) groups excluding carboxylic acids is 2. The minimum atomic E-state index is -0.424. The second kappa shape index (κ2) is 9.07. The first kappa shape index (κ1) is 21.7. The first-order valence-electron chi connectivity index (χ1n) is 11.6. The predicted octanol–water partition coefficient (Wildman–Crippen LogP) is 5.40. The molecule has 0 bridgehead atoms. The number of rotatable bonds is 5. The highest BCUT2D eigenvalue weighted by atomic mass is 16.7. The van der Waals surface area contributed by atoms with Crippen molar-refractivity contribution in [2.24, 2.45) is 0 Å². The molecule has 2 aliphatic rings. The molecular weight excluding hydrogens is 452 g/mol. The molecular formula is C30H22N2O4. The van der Waals surface area contributed by atoms with Gasteiger partial charge < -0.3 is 20.1 Å². The second-order valence-electron chi connectivity index (χ2n) is 8.65. The van der Waals surface area contributed by atoms with Crippen molar-refractivity contribution >= 4 is 23.6 Å². The molecule has 0 fully saturated rings. The zero-order chi connectivity index (χ0) is 24.5. The molecule has 0 saturated carbocycles. The van der Waals surface area contributed by atoms with Gasteiger partial charge in [-0.2, -0.15) is 0 Å². The van der Waals surface area contributed by atoms with Crippen molar-refractivity contribution in [2.45, 2.75) is 6.42 Å². The average Bonchev–Trinajstić information content (AvgIpc) is 3.52. The number of amides is 2. The van der Waals surface area contributed by atoms with Crippen LogP contribution in [0.15, 0.2) is 96.7 Å². The maximum Gasteiger partial charge on any atom is 0.272 e. The van der Waals surface area contributed by atoms with E-state index < -0.39 is 5.91 Å². The Kier molecular flexibility index (Phi) is 5.46. The van der Waals surface area contributed by atoms with Crippen molar-refractivity contribution in [3.8, 4) is 22.6 Å². The molecule has 4 aromatic rings. The van der Waals surface area contributed by atoms with Crippen molar-refractivity contribution in [1.82, 2.24) is 5.32 Å². The Bertz CT molecular complexity index is 1530. The first-order chi connectivity index (χ1) is 17.6. The fourth-order valence-corrected chi connectivity index (χ4v) is 4.53. The molecule has 0 saturated heterocycles. The molecule has 0 radical (unpaired) electrons. The highest BCUT2D eigenvalue weighted by Gasteiger charge is 2.20. The van der Waals surface area contributed by atoms with Crippen LogP contribution in [-0.4, -0.2) is 18.6 Å². The number of ether oxygens (including phenoxy) is 2. The van der Waals surface area contributed by atoms with Crippen molar-refractivity contribution in [1.29, 1.82) is 0 Å². The Hall–Kier alpha value is -4.84. The van der Waals surface area contributed by atoms with Gasteiger partial charge in [0, 0.05) is 11.3 Å². The summed E-state index contributed by atoms with van der Waals surface area (Å²) in [6, 6.07) is 28.4. The Morgan fingerprint density at radius 3 is 2.42 bits per heavy atom. The summed E-state index contributed by atoms with van der Waals surface area (Å²) < 4.78 is 10.8. The summed E-state index contributed by atoms with van der Waals surface area (Å²) in [6.45, 7) is 0.156. The number of hydrogen-bond acceptors (Lipinski definition) is 4. The molecule has 6 heteroatoms. The lowest BCUT2D eigenvalue weighted by Crippen LogP contribution is -2.30. The van der Waals surface area contributed by atoms with E-state index in [1.807, 2.05) is 42.5 Å². The van der Waals surface area contributed by atoms with E-state index in [1.54, 1.807) is 42.5 Å².